The molecular weight excluding hydrogens is 504 g/mol. The van der Waals surface area contributed by atoms with Crippen LogP contribution in [0.4, 0.5) is 0 Å². The molecule has 2 aliphatic rings. The van der Waals surface area contributed by atoms with E-state index in [1.807, 2.05) is 60.7 Å². The Balaban J connectivity index is 0.000000218. The average molecular weight is 535 g/mol. The zero-order valence-electron chi connectivity index (χ0n) is 21.5. The molecule has 0 aromatic heterocycles. The van der Waals surface area contributed by atoms with Crippen LogP contribution in [0.15, 0.2) is 84.0 Å². The van der Waals surface area contributed by atoms with Crippen molar-refractivity contribution in [2.45, 2.75) is 58.0 Å². The first-order valence-electron chi connectivity index (χ1n) is 12.4. The number of hydrogen-bond acceptors (Lipinski definition) is 9. The van der Waals surface area contributed by atoms with Gasteiger partial charge >= 0.3 is 17.9 Å². The minimum atomic E-state index is -0.755. The second-order valence-corrected chi connectivity index (χ2v) is 9.00. The molecule has 0 aliphatic heterocycles. The van der Waals surface area contributed by atoms with Gasteiger partial charge in [0.2, 0.25) is 0 Å². The molecular formula is C30H30O9. The van der Waals surface area contributed by atoms with Gasteiger partial charge in [0.15, 0.2) is 11.6 Å². The summed E-state index contributed by atoms with van der Waals surface area (Å²) in [5.74, 6) is -1.73. The van der Waals surface area contributed by atoms with Crippen LogP contribution < -0.4 is 0 Å². The van der Waals surface area contributed by atoms with E-state index in [2.05, 4.69) is 0 Å². The topological polar surface area (TPSA) is 133 Å². The Morgan fingerprint density at radius 3 is 1.64 bits per heavy atom. The lowest BCUT2D eigenvalue weighted by Crippen LogP contribution is -2.12. The van der Waals surface area contributed by atoms with Gasteiger partial charge in [0.05, 0.1) is 25.4 Å². The Morgan fingerprint density at radius 2 is 1.21 bits per heavy atom. The van der Waals surface area contributed by atoms with Gasteiger partial charge in [-0.2, -0.15) is 0 Å². The summed E-state index contributed by atoms with van der Waals surface area (Å²) in [4.78, 5) is 57.2. The predicted molar refractivity (Wildman–Crippen MR) is 139 cm³/mol. The fourth-order valence-corrected chi connectivity index (χ4v) is 3.89. The zero-order valence-corrected chi connectivity index (χ0v) is 21.5. The Hall–Kier alpha value is -4.37. The SMILES string of the molecule is CC(=O)O[C@H]1C=C(CC(=O)OCc2ccccc2)C(=O)C1.O=C(CC1=C[C@@H](O)CC1=O)OCc1ccccc1. The molecule has 0 bridgehead atoms. The highest BCUT2D eigenvalue weighted by molar-refractivity contribution is 6.02. The average Bonchev–Trinajstić information content (AvgIpc) is 3.41. The van der Waals surface area contributed by atoms with Gasteiger partial charge in [0, 0.05) is 24.5 Å². The summed E-state index contributed by atoms with van der Waals surface area (Å²) in [6.45, 7) is 1.66. The van der Waals surface area contributed by atoms with Crippen LogP contribution in [0.5, 0.6) is 0 Å². The minimum Gasteiger partial charge on any atom is -0.461 e. The summed E-state index contributed by atoms with van der Waals surface area (Å²) in [6, 6.07) is 18.6. The Kier molecular flexibility index (Phi) is 10.9. The third-order valence-corrected chi connectivity index (χ3v) is 5.75. The number of ether oxygens (including phenoxy) is 3. The zero-order chi connectivity index (χ0) is 28.2. The largest absolute Gasteiger partial charge is 0.461 e. The van der Waals surface area contributed by atoms with Crippen molar-refractivity contribution in [1.29, 1.82) is 0 Å². The molecule has 0 spiro atoms. The fourth-order valence-electron chi connectivity index (χ4n) is 3.89. The van der Waals surface area contributed by atoms with Gasteiger partial charge in [-0.3, -0.25) is 24.0 Å². The molecule has 0 fully saturated rings. The number of ketones is 2. The van der Waals surface area contributed by atoms with Crippen molar-refractivity contribution in [3.8, 4) is 0 Å². The second-order valence-electron chi connectivity index (χ2n) is 9.00. The van der Waals surface area contributed by atoms with Crippen molar-refractivity contribution in [2.24, 2.45) is 0 Å². The van der Waals surface area contributed by atoms with Gasteiger partial charge in [0.25, 0.3) is 0 Å². The number of carbonyl (C=O) groups is 5. The van der Waals surface area contributed by atoms with E-state index in [0.717, 1.165) is 11.1 Å². The molecule has 0 heterocycles. The maximum Gasteiger partial charge on any atom is 0.310 e. The van der Waals surface area contributed by atoms with E-state index in [1.165, 1.54) is 19.1 Å². The molecule has 2 aromatic rings. The van der Waals surface area contributed by atoms with Crippen LogP contribution in [0, 0.1) is 0 Å². The summed E-state index contributed by atoms with van der Waals surface area (Å²) < 4.78 is 15.1. The van der Waals surface area contributed by atoms with E-state index < -0.39 is 30.1 Å². The van der Waals surface area contributed by atoms with Crippen LogP contribution in [-0.2, 0) is 51.4 Å². The lowest BCUT2D eigenvalue weighted by atomic mass is 10.1. The Bertz CT molecular complexity index is 1250. The first kappa shape index (κ1) is 29.2. The van der Waals surface area contributed by atoms with Gasteiger partial charge in [-0.15, -0.1) is 0 Å². The number of rotatable bonds is 9. The lowest BCUT2D eigenvalue weighted by Gasteiger charge is -2.05. The normalized spacial score (nSPS) is 17.9. The van der Waals surface area contributed by atoms with Gasteiger partial charge in [-0.05, 0) is 23.3 Å². The number of hydrogen-bond donors (Lipinski definition) is 1. The number of benzene rings is 2. The number of aliphatic hydroxyl groups is 1. The second kappa shape index (κ2) is 14.5. The third-order valence-electron chi connectivity index (χ3n) is 5.75. The van der Waals surface area contributed by atoms with Gasteiger partial charge in [-0.1, -0.05) is 60.7 Å². The molecule has 204 valence electrons. The molecule has 2 aromatic carbocycles. The van der Waals surface area contributed by atoms with E-state index in [-0.39, 0.29) is 50.5 Å². The molecule has 9 heteroatoms. The van der Waals surface area contributed by atoms with E-state index in [0.29, 0.717) is 11.1 Å². The summed E-state index contributed by atoms with van der Waals surface area (Å²) in [6.07, 6.45) is 1.63. The van der Waals surface area contributed by atoms with Crippen LogP contribution >= 0.6 is 0 Å². The van der Waals surface area contributed by atoms with Crippen molar-refractivity contribution in [3.05, 3.63) is 95.1 Å². The van der Waals surface area contributed by atoms with Crippen LogP contribution in [-0.4, -0.2) is 46.8 Å². The summed E-state index contributed by atoms with van der Waals surface area (Å²) in [5, 5.41) is 9.24. The van der Waals surface area contributed by atoms with Crippen LogP contribution in [0.3, 0.4) is 0 Å². The smallest absolute Gasteiger partial charge is 0.310 e. The molecule has 4 rings (SSSR count). The van der Waals surface area contributed by atoms with Crippen LogP contribution in [0.25, 0.3) is 0 Å². The molecule has 9 nitrogen and oxygen atoms in total. The monoisotopic (exact) mass is 534 g/mol. The van der Waals surface area contributed by atoms with Crippen molar-refractivity contribution in [1.82, 2.24) is 0 Å². The van der Waals surface area contributed by atoms with Crippen LogP contribution in [0.2, 0.25) is 0 Å². The lowest BCUT2D eigenvalue weighted by molar-refractivity contribution is -0.145. The van der Waals surface area contributed by atoms with E-state index in [1.54, 1.807) is 0 Å². The minimum absolute atomic E-state index is 0.0667. The maximum atomic E-state index is 11.7. The Morgan fingerprint density at radius 1 is 0.744 bits per heavy atom. The number of Topliss-reactive ketones (excluding diaryl/α,β-unsaturated/α-hetero) is 2. The maximum absolute atomic E-state index is 11.7. The molecule has 0 saturated carbocycles. The highest BCUT2D eigenvalue weighted by Gasteiger charge is 2.28. The number of esters is 3. The van der Waals surface area contributed by atoms with E-state index in [4.69, 9.17) is 14.2 Å². The first-order chi connectivity index (χ1) is 18.7. The molecule has 0 saturated heterocycles. The fraction of sp³-hybridized carbons (Fsp3) is 0.300. The molecule has 1 N–H and O–H groups in total. The molecule has 0 radical (unpaired) electrons. The van der Waals surface area contributed by atoms with E-state index in [9.17, 15) is 29.1 Å². The quantitative estimate of drug-likeness (QED) is 0.380. The molecule has 2 atom stereocenters. The van der Waals surface area contributed by atoms with Crippen molar-refractivity contribution in [3.63, 3.8) is 0 Å². The standard InChI is InChI=1S/C16H16O5.C14H14O4/c1-11(17)21-14-7-13(15(18)9-14)8-16(19)20-10-12-5-3-2-4-6-12;15-12-6-11(13(16)8-12)7-14(17)18-9-10-4-2-1-3-5-10/h2-7,14H,8-10H2,1H3;1-6,12,15H,7-9H2/t14-;12-/m01/s1. The predicted octanol–water partition coefficient (Wildman–Crippen LogP) is 3.33. The molecule has 0 unspecified atom stereocenters. The van der Waals surface area contributed by atoms with Crippen LogP contribution in [0.1, 0.15) is 43.7 Å². The van der Waals surface area contributed by atoms with E-state index >= 15 is 0 Å². The molecule has 0 amide bonds. The molecule has 39 heavy (non-hydrogen) atoms. The van der Waals surface area contributed by atoms with Crippen molar-refractivity contribution >= 4 is 29.5 Å². The van der Waals surface area contributed by atoms with Crippen molar-refractivity contribution < 1.29 is 43.3 Å². The summed E-state index contributed by atoms with van der Waals surface area (Å²) >= 11 is 0. The van der Waals surface area contributed by atoms with Gasteiger partial charge in [0.1, 0.15) is 19.3 Å². The molecule has 2 aliphatic carbocycles. The van der Waals surface area contributed by atoms with Gasteiger partial charge < -0.3 is 19.3 Å². The summed E-state index contributed by atoms with van der Waals surface area (Å²) in [7, 11) is 0. The Labute approximate surface area is 226 Å². The summed E-state index contributed by atoms with van der Waals surface area (Å²) in [5.41, 5.74) is 2.48. The number of carbonyl (C=O) groups excluding carboxylic acids is 5. The third kappa shape index (κ3) is 10.1. The first-order valence-corrected chi connectivity index (χ1v) is 12.4. The highest BCUT2D eigenvalue weighted by Crippen LogP contribution is 2.21. The number of aliphatic hydroxyl groups excluding tert-OH is 1. The van der Waals surface area contributed by atoms with Crippen molar-refractivity contribution in [2.75, 3.05) is 0 Å². The van der Waals surface area contributed by atoms with Gasteiger partial charge in [-0.25, -0.2) is 0 Å². The highest BCUT2D eigenvalue weighted by atomic mass is 16.5.